The van der Waals surface area contributed by atoms with Crippen molar-refractivity contribution in [1.29, 1.82) is 0 Å². The van der Waals surface area contributed by atoms with Crippen LogP contribution in [0.4, 0.5) is 0 Å². The summed E-state index contributed by atoms with van der Waals surface area (Å²) in [5, 5.41) is 0. The molecule has 0 aromatic carbocycles. The van der Waals surface area contributed by atoms with Gasteiger partial charge in [0, 0.05) is 12.5 Å². The number of aryl methyl sites for hydroxylation is 1. The van der Waals surface area contributed by atoms with E-state index in [2.05, 4.69) is 28.8 Å². The quantitative estimate of drug-likeness (QED) is 0.814. The predicted octanol–water partition coefficient (Wildman–Crippen LogP) is 2.52. The highest BCUT2D eigenvalue weighted by Crippen LogP contribution is 2.21. The van der Waals surface area contributed by atoms with Gasteiger partial charge in [0.15, 0.2) is 5.65 Å². The van der Waals surface area contributed by atoms with Gasteiger partial charge in [0.2, 0.25) is 5.88 Å². The molecule has 0 amide bonds. The van der Waals surface area contributed by atoms with Crippen LogP contribution in [-0.4, -0.2) is 28.6 Å². The summed E-state index contributed by atoms with van der Waals surface area (Å²) >= 11 is 0. The lowest BCUT2D eigenvalue weighted by molar-refractivity contribution is 0.339. The average Bonchev–Trinajstić information content (AvgIpc) is 2.84. The smallest absolute Gasteiger partial charge is 0.215 e. The van der Waals surface area contributed by atoms with Crippen molar-refractivity contribution in [2.75, 3.05) is 13.7 Å². The first-order valence-electron chi connectivity index (χ1n) is 7.23. The zero-order chi connectivity index (χ0) is 14.5. The van der Waals surface area contributed by atoms with Crippen LogP contribution in [0.2, 0.25) is 0 Å². The second-order valence-electron chi connectivity index (χ2n) is 5.53. The van der Waals surface area contributed by atoms with E-state index in [9.17, 15) is 0 Å². The summed E-state index contributed by atoms with van der Waals surface area (Å²) in [6.45, 7) is 5.26. The van der Waals surface area contributed by atoms with Gasteiger partial charge in [0.05, 0.1) is 12.6 Å². The number of ether oxygens (including phenoxy) is 1. The minimum absolute atomic E-state index is 0.596. The maximum atomic E-state index is 5.68. The fraction of sp³-hybridized carbons (Fsp3) is 0.600. The Hall–Kier alpha value is -1.62. The molecule has 2 heterocycles. The van der Waals surface area contributed by atoms with Crippen LogP contribution >= 0.6 is 0 Å². The fourth-order valence-corrected chi connectivity index (χ4v) is 2.50. The lowest BCUT2D eigenvalue weighted by Crippen LogP contribution is -2.15. The van der Waals surface area contributed by atoms with Gasteiger partial charge in [-0.3, -0.25) is 0 Å². The molecule has 110 valence electrons. The van der Waals surface area contributed by atoms with Gasteiger partial charge in [-0.15, -0.1) is 0 Å². The molecule has 0 aliphatic rings. The first-order chi connectivity index (χ1) is 9.63. The van der Waals surface area contributed by atoms with E-state index in [0.717, 1.165) is 42.8 Å². The third kappa shape index (κ3) is 3.48. The first kappa shape index (κ1) is 14.8. The Bertz CT molecular complexity index is 550. The molecule has 0 aliphatic heterocycles. The van der Waals surface area contributed by atoms with Crippen molar-refractivity contribution in [2.24, 2.45) is 17.6 Å². The lowest BCUT2D eigenvalue weighted by atomic mass is 9.88. The van der Waals surface area contributed by atoms with E-state index in [1.54, 1.807) is 7.11 Å². The third-order valence-corrected chi connectivity index (χ3v) is 3.81. The number of nitrogens with zero attached hydrogens (tertiary/aromatic N) is 2. The van der Waals surface area contributed by atoms with E-state index in [0.29, 0.717) is 17.7 Å². The fourth-order valence-electron chi connectivity index (χ4n) is 2.50. The van der Waals surface area contributed by atoms with Crippen molar-refractivity contribution >= 4 is 11.2 Å². The normalized spacial score (nSPS) is 13.1. The van der Waals surface area contributed by atoms with Gasteiger partial charge < -0.3 is 15.5 Å². The number of aromatic nitrogens is 3. The number of imidazole rings is 1. The van der Waals surface area contributed by atoms with Crippen LogP contribution < -0.4 is 10.5 Å². The van der Waals surface area contributed by atoms with Gasteiger partial charge in [-0.2, -0.15) is 4.98 Å². The van der Waals surface area contributed by atoms with Crippen molar-refractivity contribution in [3.8, 4) is 5.88 Å². The number of nitrogens with two attached hydrogens (primary N) is 1. The SMILES string of the molecule is COc1ccc2[nH]c(CCC(CCN)C(C)C)nc2n1. The van der Waals surface area contributed by atoms with Crippen LogP contribution in [0.1, 0.15) is 32.5 Å². The van der Waals surface area contributed by atoms with Crippen molar-refractivity contribution in [3.05, 3.63) is 18.0 Å². The second kappa shape index (κ2) is 6.70. The molecule has 2 rings (SSSR count). The van der Waals surface area contributed by atoms with Gasteiger partial charge in [0.1, 0.15) is 5.82 Å². The molecule has 2 aromatic rings. The number of rotatable bonds is 7. The Balaban J connectivity index is 2.06. The highest BCUT2D eigenvalue weighted by atomic mass is 16.5. The lowest BCUT2D eigenvalue weighted by Gasteiger charge is -2.19. The number of pyridine rings is 1. The Morgan fingerprint density at radius 2 is 2.05 bits per heavy atom. The zero-order valence-electron chi connectivity index (χ0n) is 12.5. The van der Waals surface area contributed by atoms with E-state index in [4.69, 9.17) is 10.5 Å². The standard InChI is InChI=1S/C15H24N4O/c1-10(2)11(8-9-16)4-6-13-17-12-5-7-14(20-3)19-15(12)18-13/h5,7,10-11H,4,6,8-9,16H2,1-3H3,(H,17,18,19). The molecule has 5 heteroatoms. The number of methoxy groups -OCH3 is 1. The molecule has 0 spiro atoms. The maximum absolute atomic E-state index is 5.68. The van der Waals surface area contributed by atoms with Gasteiger partial charge in [-0.05, 0) is 37.3 Å². The minimum atomic E-state index is 0.596. The molecule has 0 aliphatic carbocycles. The summed E-state index contributed by atoms with van der Waals surface area (Å²) in [5.41, 5.74) is 7.36. The Labute approximate surface area is 119 Å². The molecule has 1 unspecified atom stereocenters. The van der Waals surface area contributed by atoms with Gasteiger partial charge in [-0.1, -0.05) is 13.8 Å². The van der Waals surface area contributed by atoms with E-state index in [1.165, 1.54) is 0 Å². The van der Waals surface area contributed by atoms with Gasteiger partial charge in [-0.25, -0.2) is 4.98 Å². The largest absolute Gasteiger partial charge is 0.481 e. The molecular formula is C15H24N4O. The highest BCUT2D eigenvalue weighted by Gasteiger charge is 2.14. The average molecular weight is 276 g/mol. The minimum Gasteiger partial charge on any atom is -0.481 e. The highest BCUT2D eigenvalue weighted by molar-refractivity contribution is 5.71. The topological polar surface area (TPSA) is 76.8 Å². The van der Waals surface area contributed by atoms with E-state index < -0.39 is 0 Å². The van der Waals surface area contributed by atoms with E-state index >= 15 is 0 Å². The monoisotopic (exact) mass is 276 g/mol. The molecule has 3 N–H and O–H groups in total. The summed E-state index contributed by atoms with van der Waals surface area (Å²) in [6, 6.07) is 3.80. The second-order valence-corrected chi connectivity index (χ2v) is 5.53. The van der Waals surface area contributed by atoms with Crippen molar-refractivity contribution in [2.45, 2.75) is 33.1 Å². The van der Waals surface area contributed by atoms with Crippen LogP contribution in [0.25, 0.3) is 11.2 Å². The number of H-pyrrole nitrogens is 1. The molecule has 20 heavy (non-hydrogen) atoms. The van der Waals surface area contributed by atoms with Crippen LogP contribution in [0.3, 0.4) is 0 Å². The zero-order valence-corrected chi connectivity index (χ0v) is 12.5. The summed E-state index contributed by atoms with van der Waals surface area (Å²) in [6.07, 6.45) is 3.11. The molecular weight excluding hydrogens is 252 g/mol. The molecule has 2 aromatic heterocycles. The number of fused-ring (bicyclic) bond motifs is 1. The Kier molecular flexibility index (Phi) is 4.95. The summed E-state index contributed by atoms with van der Waals surface area (Å²) < 4.78 is 5.11. The molecule has 0 bridgehead atoms. The van der Waals surface area contributed by atoms with Crippen molar-refractivity contribution in [1.82, 2.24) is 15.0 Å². The van der Waals surface area contributed by atoms with Crippen molar-refractivity contribution in [3.63, 3.8) is 0 Å². The van der Waals surface area contributed by atoms with Crippen LogP contribution in [0, 0.1) is 11.8 Å². The maximum Gasteiger partial charge on any atom is 0.215 e. The molecule has 0 radical (unpaired) electrons. The molecule has 0 saturated heterocycles. The van der Waals surface area contributed by atoms with Gasteiger partial charge >= 0.3 is 0 Å². The van der Waals surface area contributed by atoms with E-state index in [-0.39, 0.29) is 0 Å². The molecule has 1 atom stereocenters. The van der Waals surface area contributed by atoms with Gasteiger partial charge in [0.25, 0.3) is 0 Å². The molecule has 5 nitrogen and oxygen atoms in total. The summed E-state index contributed by atoms with van der Waals surface area (Å²) in [7, 11) is 1.61. The summed E-state index contributed by atoms with van der Waals surface area (Å²) in [5.74, 6) is 2.89. The molecule has 0 fully saturated rings. The van der Waals surface area contributed by atoms with Crippen molar-refractivity contribution < 1.29 is 4.74 Å². The van der Waals surface area contributed by atoms with Crippen LogP contribution in [0.15, 0.2) is 12.1 Å². The third-order valence-electron chi connectivity index (χ3n) is 3.81. The number of nitrogens with one attached hydrogen (secondary N) is 1. The molecule has 0 saturated carbocycles. The first-order valence-corrected chi connectivity index (χ1v) is 7.23. The summed E-state index contributed by atoms with van der Waals surface area (Å²) in [4.78, 5) is 12.2. The number of hydrogen-bond acceptors (Lipinski definition) is 4. The Morgan fingerprint density at radius 3 is 2.70 bits per heavy atom. The van der Waals surface area contributed by atoms with Crippen LogP contribution in [-0.2, 0) is 6.42 Å². The predicted molar refractivity (Wildman–Crippen MR) is 80.8 cm³/mol. The van der Waals surface area contributed by atoms with Crippen LogP contribution in [0.5, 0.6) is 5.88 Å². The number of aromatic amines is 1. The Morgan fingerprint density at radius 1 is 1.25 bits per heavy atom. The number of hydrogen-bond donors (Lipinski definition) is 2. The van der Waals surface area contributed by atoms with E-state index in [1.807, 2.05) is 12.1 Å².